The number of hydrogen-bond donors (Lipinski definition) is 3. The predicted octanol–water partition coefficient (Wildman–Crippen LogP) is 1.14. The molecule has 1 rings (SSSR count). The van der Waals surface area contributed by atoms with Gasteiger partial charge in [-0.15, -0.1) is 0 Å². The van der Waals surface area contributed by atoms with E-state index >= 15 is 0 Å². The van der Waals surface area contributed by atoms with Crippen LogP contribution in [0.1, 0.15) is 24.2 Å². The molecule has 0 aromatic carbocycles. The lowest BCUT2D eigenvalue weighted by Crippen LogP contribution is -2.40. The molecule has 1 heterocycles. The van der Waals surface area contributed by atoms with E-state index < -0.39 is 23.8 Å². The van der Waals surface area contributed by atoms with Crippen LogP contribution in [0.3, 0.4) is 0 Å². The van der Waals surface area contributed by atoms with E-state index in [4.69, 9.17) is 0 Å². The molecule has 5 nitrogen and oxygen atoms in total. The van der Waals surface area contributed by atoms with Crippen LogP contribution in [0, 0.1) is 0 Å². The van der Waals surface area contributed by atoms with Gasteiger partial charge in [-0.3, -0.25) is 10.0 Å². The molecule has 0 spiro atoms. The Labute approximate surface area is 113 Å². The molecule has 1 amide bonds. The highest BCUT2D eigenvalue weighted by Gasteiger charge is 2.42. The lowest BCUT2D eigenvalue weighted by molar-refractivity contribution is -0.915. The van der Waals surface area contributed by atoms with Crippen molar-refractivity contribution in [3.05, 3.63) is 41.9 Å². The second kappa shape index (κ2) is 6.27. The lowest BCUT2D eigenvalue weighted by atomic mass is 10.1. The average Bonchev–Trinajstić information content (AvgIpc) is 2.34. The first-order valence-electron chi connectivity index (χ1n) is 5.72. The van der Waals surface area contributed by atoms with E-state index in [0.717, 1.165) is 12.3 Å². The number of nitrogens with one attached hydrogen (secondary N) is 2. The van der Waals surface area contributed by atoms with Gasteiger partial charge in [0, 0.05) is 35.7 Å². The molecular weight excluding hydrogens is 275 g/mol. The van der Waals surface area contributed by atoms with E-state index in [2.05, 4.69) is 10.6 Å². The van der Waals surface area contributed by atoms with Gasteiger partial charge in [0.15, 0.2) is 0 Å². The Kier molecular flexibility index (Phi) is 4.95. The fourth-order valence-electron chi connectivity index (χ4n) is 1.49. The molecule has 0 aliphatic heterocycles. The van der Waals surface area contributed by atoms with Gasteiger partial charge in [0.2, 0.25) is 12.1 Å². The van der Waals surface area contributed by atoms with Gasteiger partial charge in [-0.1, -0.05) is 0 Å². The summed E-state index contributed by atoms with van der Waals surface area (Å²) in [5, 5.41) is 14.5. The highest BCUT2D eigenvalue weighted by molar-refractivity contribution is 5.87. The number of aromatic nitrogens is 1. The van der Waals surface area contributed by atoms with Gasteiger partial charge in [-0.2, -0.15) is 13.2 Å². The number of carbonyl (C=O) groups is 1. The Morgan fingerprint density at radius 2 is 2.10 bits per heavy atom. The third kappa shape index (κ3) is 4.15. The number of nitrogens with zero attached hydrogens (tertiary/aromatic N) is 1. The smallest absolute Gasteiger partial charge is 0.394 e. The molecule has 0 saturated carbocycles. The summed E-state index contributed by atoms with van der Waals surface area (Å²) in [4.78, 5) is 11.4. The number of pyridine rings is 1. The van der Waals surface area contributed by atoms with Crippen LogP contribution in [0.15, 0.2) is 30.6 Å². The standard InChI is InChI=1S/C12H14F3N3O2/c1-8(17-11(19)5-6-16-2)9-3-4-10(12(13,14)15)18(20)7-9/h3-8H,1-2H3,(H2-,16,17,19,20)/p+1/t8-/m1/s1. The van der Waals surface area contributed by atoms with Crippen molar-refractivity contribution >= 4 is 5.91 Å². The van der Waals surface area contributed by atoms with Crippen molar-refractivity contribution in [2.24, 2.45) is 0 Å². The molecule has 8 heteroatoms. The highest BCUT2D eigenvalue weighted by Crippen LogP contribution is 2.26. The summed E-state index contributed by atoms with van der Waals surface area (Å²) in [7, 11) is 1.62. The van der Waals surface area contributed by atoms with Crippen LogP contribution in [0.5, 0.6) is 0 Å². The first-order valence-corrected chi connectivity index (χ1v) is 5.72. The zero-order chi connectivity index (χ0) is 15.3. The Morgan fingerprint density at radius 1 is 1.45 bits per heavy atom. The van der Waals surface area contributed by atoms with Crippen molar-refractivity contribution in [1.29, 1.82) is 0 Å². The molecule has 0 radical (unpaired) electrons. The number of alkyl halides is 3. The topological polar surface area (TPSA) is 65.2 Å². The second-order valence-electron chi connectivity index (χ2n) is 4.04. The summed E-state index contributed by atoms with van der Waals surface area (Å²) < 4.78 is 37.4. The number of hydrogen-bond acceptors (Lipinski definition) is 3. The summed E-state index contributed by atoms with van der Waals surface area (Å²) >= 11 is 0. The number of amides is 1. The molecule has 0 unspecified atom stereocenters. The Bertz CT molecular complexity index is 515. The zero-order valence-electron chi connectivity index (χ0n) is 10.9. The number of halogens is 3. The summed E-state index contributed by atoms with van der Waals surface area (Å²) in [5.74, 6) is -0.406. The van der Waals surface area contributed by atoms with E-state index in [-0.39, 0.29) is 4.73 Å². The van der Waals surface area contributed by atoms with Crippen LogP contribution >= 0.6 is 0 Å². The monoisotopic (exact) mass is 290 g/mol. The third-order valence-corrected chi connectivity index (χ3v) is 2.50. The SMILES string of the molecule is CN/C=C/C(=O)N[C@H](C)c1ccc(C(F)(F)F)[n+](O)c1. The molecule has 20 heavy (non-hydrogen) atoms. The van der Waals surface area contributed by atoms with Gasteiger partial charge < -0.3 is 10.6 Å². The molecule has 0 fully saturated rings. The minimum absolute atomic E-state index is 0.00142. The van der Waals surface area contributed by atoms with Crippen LogP contribution in [0.25, 0.3) is 0 Å². The van der Waals surface area contributed by atoms with Gasteiger partial charge in [-0.25, -0.2) is 0 Å². The molecule has 110 valence electrons. The van der Waals surface area contributed by atoms with Crippen molar-refractivity contribution in [2.75, 3.05) is 7.05 Å². The largest absolute Gasteiger partial charge is 0.482 e. The number of carbonyl (C=O) groups excluding carboxylic acids is 1. The summed E-state index contributed by atoms with van der Waals surface area (Å²) in [6, 6.07) is 1.40. The molecule has 0 saturated heterocycles. The summed E-state index contributed by atoms with van der Waals surface area (Å²) in [6.07, 6.45) is -1.07. The molecule has 0 aliphatic carbocycles. The minimum atomic E-state index is -4.64. The fraction of sp³-hybridized carbons (Fsp3) is 0.333. The Morgan fingerprint density at radius 3 is 2.60 bits per heavy atom. The highest BCUT2D eigenvalue weighted by atomic mass is 19.4. The maximum absolute atomic E-state index is 12.5. The zero-order valence-corrected chi connectivity index (χ0v) is 10.9. The van der Waals surface area contributed by atoms with Gasteiger partial charge >= 0.3 is 11.9 Å². The van der Waals surface area contributed by atoms with Gasteiger partial charge in [0.1, 0.15) is 0 Å². The van der Waals surface area contributed by atoms with Crippen LogP contribution < -0.4 is 15.4 Å². The Balaban J connectivity index is 2.85. The van der Waals surface area contributed by atoms with Crippen molar-refractivity contribution in [2.45, 2.75) is 19.1 Å². The fourth-order valence-corrected chi connectivity index (χ4v) is 1.49. The van der Waals surface area contributed by atoms with Gasteiger partial charge in [0.05, 0.1) is 6.04 Å². The van der Waals surface area contributed by atoms with E-state index in [1.807, 2.05) is 0 Å². The number of rotatable bonds is 4. The molecule has 1 atom stereocenters. The maximum Gasteiger partial charge on any atom is 0.482 e. The molecule has 0 aliphatic rings. The minimum Gasteiger partial charge on any atom is -0.394 e. The van der Waals surface area contributed by atoms with Crippen molar-refractivity contribution in [1.82, 2.24) is 10.6 Å². The quantitative estimate of drug-likeness (QED) is 0.442. The molecule has 1 aromatic rings. The van der Waals surface area contributed by atoms with E-state index in [1.54, 1.807) is 14.0 Å². The van der Waals surface area contributed by atoms with Crippen molar-refractivity contribution < 1.29 is 27.9 Å². The van der Waals surface area contributed by atoms with Crippen molar-refractivity contribution in [3.63, 3.8) is 0 Å². The second-order valence-corrected chi connectivity index (χ2v) is 4.04. The lowest BCUT2D eigenvalue weighted by Gasteiger charge is -2.11. The molecule has 3 N–H and O–H groups in total. The first-order chi connectivity index (χ1) is 9.25. The molecule has 0 bridgehead atoms. The Hall–Kier alpha value is -2.25. The van der Waals surface area contributed by atoms with E-state index in [1.165, 1.54) is 18.3 Å². The van der Waals surface area contributed by atoms with Gasteiger partial charge in [-0.05, 0) is 13.0 Å². The van der Waals surface area contributed by atoms with Crippen LogP contribution in [0.2, 0.25) is 0 Å². The van der Waals surface area contributed by atoms with Crippen LogP contribution in [-0.4, -0.2) is 18.2 Å². The summed E-state index contributed by atoms with van der Waals surface area (Å²) in [5.41, 5.74) is -0.846. The molecule has 1 aromatic heterocycles. The summed E-state index contributed by atoms with van der Waals surface area (Å²) in [6.45, 7) is 1.59. The van der Waals surface area contributed by atoms with Crippen LogP contribution in [-0.2, 0) is 11.0 Å². The average molecular weight is 290 g/mol. The third-order valence-electron chi connectivity index (χ3n) is 2.50. The molecular formula is C12H15F3N3O2+. The van der Waals surface area contributed by atoms with Crippen molar-refractivity contribution in [3.8, 4) is 0 Å². The van der Waals surface area contributed by atoms with E-state index in [0.29, 0.717) is 5.56 Å². The van der Waals surface area contributed by atoms with E-state index in [9.17, 15) is 23.2 Å². The van der Waals surface area contributed by atoms with Crippen LogP contribution in [0.4, 0.5) is 13.2 Å². The normalized spacial score (nSPS) is 13.2. The van der Waals surface area contributed by atoms with Gasteiger partial charge in [0.25, 0.3) is 0 Å². The predicted molar refractivity (Wildman–Crippen MR) is 63.6 cm³/mol. The maximum atomic E-state index is 12.5. The first kappa shape index (κ1) is 15.8.